The van der Waals surface area contributed by atoms with Gasteiger partial charge in [0.25, 0.3) is 0 Å². The van der Waals surface area contributed by atoms with Gasteiger partial charge in [0, 0.05) is 12.5 Å². The van der Waals surface area contributed by atoms with Gasteiger partial charge in [0.05, 0.1) is 0 Å². The molecule has 0 spiro atoms. The first kappa shape index (κ1) is 13.8. The number of hydrogen-bond acceptors (Lipinski definition) is 1. The monoisotopic (exact) mass is 229 g/mol. The summed E-state index contributed by atoms with van der Waals surface area (Å²) in [6, 6.07) is 7.26. The van der Waals surface area contributed by atoms with Gasteiger partial charge in [-0.25, -0.2) is 0 Å². The lowest BCUT2D eigenvalue weighted by Crippen LogP contribution is -2.30. The van der Waals surface area contributed by atoms with Crippen LogP contribution in [-0.4, -0.2) is 12.6 Å². The maximum atomic E-state index is 5.34. The zero-order chi connectivity index (χ0) is 12.7. The summed E-state index contributed by atoms with van der Waals surface area (Å²) < 4.78 is 0. The molecule has 1 atom stereocenters. The van der Waals surface area contributed by atoms with E-state index in [9.17, 15) is 0 Å². The molecule has 1 N–H and O–H groups in total. The lowest BCUT2D eigenvalue weighted by atomic mass is 9.98. The average Bonchev–Trinajstić information content (AvgIpc) is 2.24. The second-order valence-corrected chi connectivity index (χ2v) is 4.70. The first-order valence-corrected chi connectivity index (χ1v) is 6.39. The van der Waals surface area contributed by atoms with Crippen molar-refractivity contribution in [1.29, 1.82) is 0 Å². The standard InChI is InChI=1S/C16H23N/c1-5-7-8-16(17-6-2)12-15-10-13(3)9-14(4)11-15/h1,9-11,16-17H,6-8,12H2,2-4H3. The van der Waals surface area contributed by atoms with Crippen LogP contribution in [0.2, 0.25) is 0 Å². The lowest BCUT2D eigenvalue weighted by molar-refractivity contribution is 0.497. The molecule has 1 rings (SSSR count). The predicted octanol–water partition coefficient (Wildman–Crippen LogP) is 3.24. The largest absolute Gasteiger partial charge is 0.314 e. The Bertz CT molecular complexity index is 367. The maximum absolute atomic E-state index is 5.34. The molecule has 0 radical (unpaired) electrons. The van der Waals surface area contributed by atoms with Crippen molar-refractivity contribution in [2.24, 2.45) is 0 Å². The molecule has 0 aromatic heterocycles. The van der Waals surface area contributed by atoms with Crippen molar-refractivity contribution in [2.75, 3.05) is 6.54 Å². The summed E-state index contributed by atoms with van der Waals surface area (Å²) in [7, 11) is 0. The number of benzene rings is 1. The molecule has 0 saturated heterocycles. The van der Waals surface area contributed by atoms with Crippen molar-refractivity contribution in [3.8, 4) is 12.3 Å². The van der Waals surface area contributed by atoms with Gasteiger partial charge in [0.15, 0.2) is 0 Å². The van der Waals surface area contributed by atoms with Gasteiger partial charge in [-0.15, -0.1) is 12.3 Å². The quantitative estimate of drug-likeness (QED) is 0.738. The van der Waals surface area contributed by atoms with Crippen LogP contribution >= 0.6 is 0 Å². The molecular weight excluding hydrogens is 206 g/mol. The Balaban J connectivity index is 2.67. The average molecular weight is 229 g/mol. The normalized spacial score (nSPS) is 12.1. The minimum atomic E-state index is 0.497. The molecule has 0 heterocycles. The number of nitrogens with one attached hydrogen (secondary N) is 1. The van der Waals surface area contributed by atoms with Crippen LogP contribution in [-0.2, 0) is 6.42 Å². The van der Waals surface area contributed by atoms with Crippen LogP contribution in [0.4, 0.5) is 0 Å². The smallest absolute Gasteiger partial charge is 0.0116 e. The number of rotatable bonds is 6. The molecule has 0 bridgehead atoms. The molecule has 0 aliphatic rings. The molecule has 1 nitrogen and oxygen atoms in total. The van der Waals surface area contributed by atoms with E-state index < -0.39 is 0 Å². The summed E-state index contributed by atoms with van der Waals surface area (Å²) in [6.45, 7) is 7.45. The molecule has 0 aliphatic heterocycles. The van der Waals surface area contributed by atoms with E-state index in [2.05, 4.69) is 50.2 Å². The Kier molecular flexibility index (Phi) is 5.80. The summed E-state index contributed by atoms with van der Waals surface area (Å²) in [5, 5.41) is 3.51. The number of terminal acetylenes is 1. The predicted molar refractivity (Wildman–Crippen MR) is 75.2 cm³/mol. The SMILES string of the molecule is C#CCCC(Cc1cc(C)cc(C)c1)NCC. The Morgan fingerprint density at radius 2 is 1.88 bits per heavy atom. The van der Waals surface area contributed by atoms with Crippen LogP contribution in [0.5, 0.6) is 0 Å². The maximum Gasteiger partial charge on any atom is 0.0116 e. The number of likely N-dealkylation sites (N-methyl/N-ethyl adjacent to an activating group) is 1. The van der Waals surface area contributed by atoms with Gasteiger partial charge in [-0.2, -0.15) is 0 Å². The van der Waals surface area contributed by atoms with E-state index in [0.29, 0.717) is 6.04 Å². The van der Waals surface area contributed by atoms with Crippen LogP contribution in [0.3, 0.4) is 0 Å². The summed E-state index contributed by atoms with van der Waals surface area (Å²) >= 11 is 0. The molecule has 1 aromatic carbocycles. The number of aryl methyl sites for hydroxylation is 2. The highest BCUT2D eigenvalue weighted by molar-refractivity contribution is 5.29. The summed E-state index contributed by atoms with van der Waals surface area (Å²) in [5.41, 5.74) is 4.09. The third-order valence-corrected chi connectivity index (χ3v) is 2.89. The van der Waals surface area contributed by atoms with E-state index in [0.717, 1.165) is 25.8 Å². The molecule has 0 amide bonds. The summed E-state index contributed by atoms with van der Waals surface area (Å²) in [6.07, 6.45) is 8.31. The summed E-state index contributed by atoms with van der Waals surface area (Å²) in [4.78, 5) is 0. The molecule has 1 unspecified atom stereocenters. The van der Waals surface area contributed by atoms with Crippen molar-refractivity contribution in [3.63, 3.8) is 0 Å². The molecule has 0 aliphatic carbocycles. The van der Waals surface area contributed by atoms with Gasteiger partial charge in [-0.1, -0.05) is 36.2 Å². The van der Waals surface area contributed by atoms with Gasteiger partial charge < -0.3 is 5.32 Å². The van der Waals surface area contributed by atoms with Crippen LogP contribution in [0, 0.1) is 26.2 Å². The highest BCUT2D eigenvalue weighted by Gasteiger charge is 2.08. The van der Waals surface area contributed by atoms with Gasteiger partial charge in [0.1, 0.15) is 0 Å². The van der Waals surface area contributed by atoms with Crippen LogP contribution in [0.15, 0.2) is 18.2 Å². The molecule has 1 aromatic rings. The van der Waals surface area contributed by atoms with E-state index in [1.807, 2.05) is 0 Å². The van der Waals surface area contributed by atoms with E-state index in [1.165, 1.54) is 16.7 Å². The topological polar surface area (TPSA) is 12.0 Å². The van der Waals surface area contributed by atoms with Crippen molar-refractivity contribution >= 4 is 0 Å². The minimum Gasteiger partial charge on any atom is -0.314 e. The van der Waals surface area contributed by atoms with Gasteiger partial charge in [-0.3, -0.25) is 0 Å². The Hall–Kier alpha value is -1.26. The zero-order valence-corrected chi connectivity index (χ0v) is 11.2. The summed E-state index contributed by atoms with van der Waals surface area (Å²) in [5.74, 6) is 2.73. The molecule has 92 valence electrons. The molecule has 1 heteroatoms. The highest BCUT2D eigenvalue weighted by atomic mass is 14.9. The fourth-order valence-electron chi connectivity index (χ4n) is 2.29. The van der Waals surface area contributed by atoms with E-state index in [1.54, 1.807) is 0 Å². The van der Waals surface area contributed by atoms with Crippen molar-refractivity contribution in [1.82, 2.24) is 5.32 Å². The van der Waals surface area contributed by atoms with E-state index >= 15 is 0 Å². The van der Waals surface area contributed by atoms with Crippen LogP contribution in [0.1, 0.15) is 36.5 Å². The number of hydrogen-bond donors (Lipinski definition) is 1. The van der Waals surface area contributed by atoms with Crippen molar-refractivity contribution in [2.45, 2.75) is 46.1 Å². The van der Waals surface area contributed by atoms with Crippen molar-refractivity contribution in [3.05, 3.63) is 34.9 Å². The van der Waals surface area contributed by atoms with Crippen molar-refractivity contribution < 1.29 is 0 Å². The molecule has 17 heavy (non-hydrogen) atoms. The lowest BCUT2D eigenvalue weighted by Gasteiger charge is -2.17. The fourth-order valence-corrected chi connectivity index (χ4v) is 2.29. The third-order valence-electron chi connectivity index (χ3n) is 2.89. The first-order chi connectivity index (χ1) is 8.15. The second kappa shape index (κ2) is 7.14. The molecular formula is C16H23N. The minimum absolute atomic E-state index is 0.497. The molecule has 0 saturated carbocycles. The second-order valence-electron chi connectivity index (χ2n) is 4.70. The Morgan fingerprint density at radius 1 is 1.24 bits per heavy atom. The Morgan fingerprint density at radius 3 is 2.41 bits per heavy atom. The van der Waals surface area contributed by atoms with E-state index in [-0.39, 0.29) is 0 Å². The van der Waals surface area contributed by atoms with Gasteiger partial charge >= 0.3 is 0 Å². The fraction of sp³-hybridized carbons (Fsp3) is 0.500. The van der Waals surface area contributed by atoms with E-state index in [4.69, 9.17) is 6.42 Å². The van der Waals surface area contributed by atoms with Crippen LogP contribution < -0.4 is 5.32 Å². The zero-order valence-electron chi connectivity index (χ0n) is 11.2. The van der Waals surface area contributed by atoms with Crippen LogP contribution in [0.25, 0.3) is 0 Å². The molecule has 0 fully saturated rings. The Labute approximate surface area is 106 Å². The highest BCUT2D eigenvalue weighted by Crippen LogP contribution is 2.12. The van der Waals surface area contributed by atoms with Gasteiger partial charge in [0.2, 0.25) is 0 Å². The van der Waals surface area contributed by atoms with Gasteiger partial charge in [-0.05, 0) is 38.8 Å². The third kappa shape index (κ3) is 5.06. The first-order valence-electron chi connectivity index (χ1n) is 6.39.